The molecule has 112 valence electrons. The van der Waals surface area contributed by atoms with E-state index in [9.17, 15) is 4.79 Å². The largest absolute Gasteiger partial charge is 0.497 e. The minimum atomic E-state index is -0.00107. The molecular weight excluding hydrogens is 250 g/mol. The average molecular weight is 277 g/mol. The topological polar surface area (TPSA) is 38.3 Å². The smallest absolute Gasteiger partial charge is 0.251 e. The summed E-state index contributed by atoms with van der Waals surface area (Å²) in [5.41, 5.74) is 0.668. The van der Waals surface area contributed by atoms with Crippen molar-refractivity contribution in [2.45, 2.75) is 58.4 Å². The van der Waals surface area contributed by atoms with E-state index in [4.69, 9.17) is 4.74 Å². The van der Waals surface area contributed by atoms with Crippen molar-refractivity contribution in [3.8, 4) is 5.75 Å². The van der Waals surface area contributed by atoms with E-state index in [-0.39, 0.29) is 11.9 Å². The molecule has 3 heteroatoms. The van der Waals surface area contributed by atoms with Crippen LogP contribution in [0.15, 0.2) is 24.3 Å². The van der Waals surface area contributed by atoms with Gasteiger partial charge in [-0.25, -0.2) is 0 Å². The van der Waals surface area contributed by atoms with E-state index in [1.54, 1.807) is 13.2 Å². The Morgan fingerprint density at radius 3 is 2.65 bits per heavy atom. The average Bonchev–Trinajstić information content (AvgIpc) is 2.47. The highest BCUT2D eigenvalue weighted by Crippen LogP contribution is 2.14. The van der Waals surface area contributed by atoms with Gasteiger partial charge in [-0.05, 0) is 31.0 Å². The molecule has 0 saturated carbocycles. The van der Waals surface area contributed by atoms with Gasteiger partial charge in [-0.15, -0.1) is 0 Å². The molecule has 0 bridgehead atoms. The van der Waals surface area contributed by atoms with Crippen LogP contribution in [0.1, 0.15) is 62.7 Å². The maximum absolute atomic E-state index is 12.3. The lowest BCUT2D eigenvalue weighted by Gasteiger charge is -2.18. The maximum Gasteiger partial charge on any atom is 0.251 e. The number of ether oxygens (including phenoxy) is 1. The Morgan fingerprint density at radius 1 is 1.20 bits per heavy atom. The highest BCUT2D eigenvalue weighted by molar-refractivity contribution is 5.94. The second-order valence-corrected chi connectivity index (χ2v) is 5.19. The molecule has 0 fully saturated rings. The summed E-state index contributed by atoms with van der Waals surface area (Å²) in [7, 11) is 1.61. The molecule has 0 aromatic heterocycles. The first-order valence-corrected chi connectivity index (χ1v) is 7.66. The summed E-state index contributed by atoms with van der Waals surface area (Å²) in [5.74, 6) is 0.717. The molecule has 1 rings (SSSR count). The zero-order chi connectivity index (χ0) is 14.8. The van der Waals surface area contributed by atoms with Crippen LogP contribution < -0.4 is 10.1 Å². The molecule has 3 nitrogen and oxygen atoms in total. The van der Waals surface area contributed by atoms with Crippen LogP contribution in [-0.4, -0.2) is 19.1 Å². The zero-order valence-electron chi connectivity index (χ0n) is 12.9. The minimum absolute atomic E-state index is 0.00107. The van der Waals surface area contributed by atoms with E-state index in [0.29, 0.717) is 5.56 Å². The number of hydrogen-bond acceptors (Lipinski definition) is 2. The van der Waals surface area contributed by atoms with Crippen LogP contribution in [0.3, 0.4) is 0 Å². The van der Waals surface area contributed by atoms with Crippen molar-refractivity contribution in [1.82, 2.24) is 5.32 Å². The van der Waals surface area contributed by atoms with Crippen molar-refractivity contribution >= 4 is 5.91 Å². The van der Waals surface area contributed by atoms with E-state index < -0.39 is 0 Å². The van der Waals surface area contributed by atoms with Gasteiger partial charge >= 0.3 is 0 Å². The van der Waals surface area contributed by atoms with Crippen molar-refractivity contribution < 1.29 is 9.53 Å². The molecule has 1 amide bonds. The number of carbonyl (C=O) groups excluding carboxylic acids is 1. The quantitative estimate of drug-likeness (QED) is 0.688. The van der Waals surface area contributed by atoms with Gasteiger partial charge in [0, 0.05) is 11.6 Å². The van der Waals surface area contributed by atoms with Crippen molar-refractivity contribution in [2.75, 3.05) is 7.11 Å². The fourth-order valence-electron chi connectivity index (χ4n) is 2.31. The molecule has 0 heterocycles. The molecule has 0 saturated heterocycles. The summed E-state index contributed by atoms with van der Waals surface area (Å²) in [5, 5.41) is 3.15. The van der Waals surface area contributed by atoms with Crippen LogP contribution in [0.25, 0.3) is 0 Å². The predicted octanol–water partition coefficient (Wildman–Crippen LogP) is 4.17. The van der Waals surface area contributed by atoms with Gasteiger partial charge in [0.15, 0.2) is 0 Å². The highest BCUT2D eigenvalue weighted by Gasteiger charge is 2.13. The van der Waals surface area contributed by atoms with E-state index in [0.717, 1.165) is 25.0 Å². The Kier molecular flexibility index (Phi) is 7.78. The molecule has 1 aromatic rings. The zero-order valence-corrected chi connectivity index (χ0v) is 12.9. The Labute approximate surface area is 122 Å². The summed E-state index contributed by atoms with van der Waals surface area (Å²) < 4.78 is 5.16. The van der Waals surface area contributed by atoms with Gasteiger partial charge in [-0.1, -0.05) is 45.6 Å². The Hall–Kier alpha value is -1.51. The SMILES string of the molecule is CCCCCC(CCC)NC(=O)c1cccc(OC)c1. The van der Waals surface area contributed by atoms with Gasteiger partial charge in [0.2, 0.25) is 0 Å². The van der Waals surface area contributed by atoms with Crippen molar-refractivity contribution in [1.29, 1.82) is 0 Å². The van der Waals surface area contributed by atoms with Gasteiger partial charge < -0.3 is 10.1 Å². The van der Waals surface area contributed by atoms with Crippen LogP contribution in [0.4, 0.5) is 0 Å². The Bertz CT molecular complexity index is 404. The molecule has 20 heavy (non-hydrogen) atoms. The molecule has 0 spiro atoms. The van der Waals surface area contributed by atoms with E-state index in [1.807, 2.05) is 18.2 Å². The normalized spacial score (nSPS) is 11.9. The molecule has 0 aliphatic carbocycles. The monoisotopic (exact) mass is 277 g/mol. The third kappa shape index (κ3) is 5.64. The first-order chi connectivity index (χ1) is 9.71. The van der Waals surface area contributed by atoms with Gasteiger partial charge in [-0.3, -0.25) is 4.79 Å². The van der Waals surface area contributed by atoms with Gasteiger partial charge in [0.25, 0.3) is 5.91 Å². The number of rotatable bonds is 9. The molecule has 0 radical (unpaired) electrons. The van der Waals surface area contributed by atoms with Crippen LogP contribution in [0.5, 0.6) is 5.75 Å². The standard InChI is InChI=1S/C17H27NO2/c1-4-6-7-11-15(9-5-2)18-17(19)14-10-8-12-16(13-14)20-3/h8,10,12-13,15H,4-7,9,11H2,1-3H3,(H,18,19). The number of amides is 1. The van der Waals surface area contributed by atoms with Crippen molar-refractivity contribution in [2.24, 2.45) is 0 Å². The first kappa shape index (κ1) is 16.5. The molecule has 1 unspecified atom stereocenters. The number of benzene rings is 1. The predicted molar refractivity (Wildman–Crippen MR) is 83.3 cm³/mol. The lowest BCUT2D eigenvalue weighted by atomic mass is 10.0. The number of unbranched alkanes of at least 4 members (excludes halogenated alkanes) is 2. The number of nitrogens with one attached hydrogen (secondary N) is 1. The number of carbonyl (C=O) groups is 1. The summed E-state index contributed by atoms with van der Waals surface area (Å²) in [6.45, 7) is 4.36. The third-order valence-electron chi connectivity index (χ3n) is 3.46. The lowest BCUT2D eigenvalue weighted by Crippen LogP contribution is -2.34. The number of methoxy groups -OCH3 is 1. The summed E-state index contributed by atoms with van der Waals surface area (Å²) >= 11 is 0. The number of hydrogen-bond donors (Lipinski definition) is 1. The Balaban J connectivity index is 2.59. The lowest BCUT2D eigenvalue weighted by molar-refractivity contribution is 0.0931. The third-order valence-corrected chi connectivity index (χ3v) is 3.46. The van der Waals surface area contributed by atoms with Gasteiger partial charge in [-0.2, -0.15) is 0 Å². The maximum atomic E-state index is 12.3. The second-order valence-electron chi connectivity index (χ2n) is 5.19. The van der Waals surface area contributed by atoms with Crippen molar-refractivity contribution in [3.05, 3.63) is 29.8 Å². The molecule has 0 aliphatic rings. The van der Waals surface area contributed by atoms with Crippen molar-refractivity contribution in [3.63, 3.8) is 0 Å². The summed E-state index contributed by atoms with van der Waals surface area (Å²) in [6.07, 6.45) is 6.82. The van der Waals surface area contributed by atoms with Crippen LogP contribution >= 0.6 is 0 Å². The Morgan fingerprint density at radius 2 is 2.00 bits per heavy atom. The summed E-state index contributed by atoms with van der Waals surface area (Å²) in [4.78, 5) is 12.3. The molecule has 1 atom stereocenters. The van der Waals surface area contributed by atoms with Crippen LogP contribution in [-0.2, 0) is 0 Å². The van der Waals surface area contributed by atoms with E-state index in [2.05, 4.69) is 19.2 Å². The highest BCUT2D eigenvalue weighted by atomic mass is 16.5. The van der Waals surface area contributed by atoms with Gasteiger partial charge in [0.05, 0.1) is 7.11 Å². The second kappa shape index (κ2) is 9.40. The fraction of sp³-hybridized carbons (Fsp3) is 0.588. The van der Waals surface area contributed by atoms with E-state index >= 15 is 0 Å². The van der Waals surface area contributed by atoms with Crippen LogP contribution in [0.2, 0.25) is 0 Å². The van der Waals surface area contributed by atoms with E-state index in [1.165, 1.54) is 19.3 Å². The van der Waals surface area contributed by atoms with Crippen LogP contribution in [0, 0.1) is 0 Å². The molecular formula is C17H27NO2. The molecule has 1 aromatic carbocycles. The fourth-order valence-corrected chi connectivity index (χ4v) is 2.31. The molecule has 1 N–H and O–H groups in total. The first-order valence-electron chi connectivity index (χ1n) is 7.66. The molecule has 0 aliphatic heterocycles. The van der Waals surface area contributed by atoms with Gasteiger partial charge in [0.1, 0.15) is 5.75 Å². The summed E-state index contributed by atoms with van der Waals surface area (Å²) in [6, 6.07) is 7.59. The minimum Gasteiger partial charge on any atom is -0.497 e.